The van der Waals surface area contributed by atoms with Gasteiger partial charge < -0.3 is 10.2 Å². The van der Waals surface area contributed by atoms with Crippen molar-refractivity contribution in [1.82, 2.24) is 4.98 Å². The van der Waals surface area contributed by atoms with E-state index in [4.69, 9.17) is 16.6 Å². The van der Waals surface area contributed by atoms with Crippen molar-refractivity contribution in [2.75, 3.05) is 0 Å². The molecule has 0 radical (unpaired) electrons. The van der Waals surface area contributed by atoms with Crippen LogP contribution in [0.5, 0.6) is 11.5 Å². The molecular weight excluding hydrogens is 370 g/mol. The zero-order chi connectivity index (χ0) is 19.3. The van der Waals surface area contributed by atoms with Crippen LogP contribution < -0.4 is 0 Å². The normalized spacial score (nSPS) is 11.9. The molecule has 0 saturated heterocycles. The van der Waals surface area contributed by atoms with Crippen molar-refractivity contribution in [1.29, 1.82) is 0 Å². The third-order valence-electron chi connectivity index (χ3n) is 5.16. The molecule has 0 atom stereocenters. The summed E-state index contributed by atoms with van der Waals surface area (Å²) in [5.74, 6) is 0.467. The molecule has 0 spiro atoms. The van der Waals surface area contributed by atoms with Crippen LogP contribution in [-0.2, 0) is 6.42 Å². The van der Waals surface area contributed by atoms with Gasteiger partial charge in [-0.3, -0.25) is 0 Å². The van der Waals surface area contributed by atoms with Crippen molar-refractivity contribution in [2.24, 2.45) is 0 Å². The van der Waals surface area contributed by atoms with E-state index < -0.39 is 0 Å². The first kappa shape index (κ1) is 16.8. The average molecular weight is 386 g/mol. The number of halogens is 1. The molecule has 136 valence electrons. The lowest BCUT2D eigenvalue weighted by Crippen LogP contribution is -1.94. The van der Waals surface area contributed by atoms with E-state index in [2.05, 4.69) is 6.07 Å². The zero-order valence-electron chi connectivity index (χ0n) is 14.9. The number of benzene rings is 3. The third-order valence-corrected chi connectivity index (χ3v) is 5.39. The smallest absolute Gasteiger partial charge is 0.125 e. The Morgan fingerprint density at radius 3 is 2.39 bits per heavy atom. The Balaban J connectivity index is 1.80. The van der Waals surface area contributed by atoms with Crippen LogP contribution in [0.4, 0.5) is 0 Å². The van der Waals surface area contributed by atoms with Gasteiger partial charge in [0.05, 0.1) is 11.4 Å². The lowest BCUT2D eigenvalue weighted by Gasteiger charge is -2.13. The van der Waals surface area contributed by atoms with Crippen LogP contribution >= 0.6 is 11.6 Å². The summed E-state index contributed by atoms with van der Waals surface area (Å²) in [5, 5.41) is 20.8. The van der Waals surface area contributed by atoms with Gasteiger partial charge in [0, 0.05) is 22.6 Å². The maximum absolute atomic E-state index is 10.5. The Kier molecular flexibility index (Phi) is 3.85. The molecule has 0 aliphatic heterocycles. The van der Waals surface area contributed by atoms with E-state index in [1.807, 2.05) is 48.5 Å². The predicted molar refractivity (Wildman–Crippen MR) is 112 cm³/mol. The zero-order valence-corrected chi connectivity index (χ0v) is 15.6. The second-order valence-electron chi connectivity index (χ2n) is 6.93. The van der Waals surface area contributed by atoms with Gasteiger partial charge in [-0.05, 0) is 58.7 Å². The highest BCUT2D eigenvalue weighted by Gasteiger charge is 2.27. The minimum Gasteiger partial charge on any atom is -0.508 e. The SMILES string of the molecule is Oc1ccc(-c2cc(-c3cccc(Cl)c3)nc3c2Cc2cccc(O)c2-3)cc1. The van der Waals surface area contributed by atoms with E-state index >= 15 is 0 Å². The highest BCUT2D eigenvalue weighted by atomic mass is 35.5. The number of fused-ring (bicyclic) bond motifs is 3. The molecule has 1 aromatic heterocycles. The van der Waals surface area contributed by atoms with Crippen LogP contribution in [-0.4, -0.2) is 15.2 Å². The molecule has 0 saturated carbocycles. The average Bonchev–Trinajstić information content (AvgIpc) is 3.08. The highest BCUT2D eigenvalue weighted by Crippen LogP contribution is 2.46. The maximum Gasteiger partial charge on any atom is 0.125 e. The molecule has 3 aromatic carbocycles. The molecule has 1 heterocycles. The van der Waals surface area contributed by atoms with Crippen molar-refractivity contribution in [3.8, 4) is 45.1 Å². The van der Waals surface area contributed by atoms with E-state index in [-0.39, 0.29) is 11.5 Å². The Hall–Kier alpha value is -3.30. The van der Waals surface area contributed by atoms with Crippen molar-refractivity contribution in [3.63, 3.8) is 0 Å². The summed E-state index contributed by atoms with van der Waals surface area (Å²) >= 11 is 6.20. The van der Waals surface area contributed by atoms with E-state index in [1.54, 1.807) is 18.2 Å². The van der Waals surface area contributed by atoms with Crippen LogP contribution in [0.2, 0.25) is 5.02 Å². The summed E-state index contributed by atoms with van der Waals surface area (Å²) in [4.78, 5) is 4.90. The second-order valence-corrected chi connectivity index (χ2v) is 7.36. The molecule has 4 heteroatoms. The summed E-state index contributed by atoms with van der Waals surface area (Å²) in [7, 11) is 0. The lowest BCUT2D eigenvalue weighted by atomic mass is 9.96. The molecule has 0 unspecified atom stereocenters. The fourth-order valence-corrected chi connectivity index (χ4v) is 4.04. The van der Waals surface area contributed by atoms with Crippen molar-refractivity contribution >= 4 is 11.6 Å². The number of aromatic hydroxyl groups is 2. The molecule has 5 rings (SSSR count). The molecule has 0 bridgehead atoms. The number of hydrogen-bond donors (Lipinski definition) is 2. The predicted octanol–water partition coefficient (Wildman–Crippen LogP) is 6.05. The lowest BCUT2D eigenvalue weighted by molar-refractivity contribution is 0.475. The minimum atomic E-state index is 0.227. The number of nitrogens with zero attached hydrogens (tertiary/aromatic N) is 1. The van der Waals surface area contributed by atoms with E-state index in [0.29, 0.717) is 11.4 Å². The number of pyridine rings is 1. The summed E-state index contributed by atoms with van der Waals surface area (Å²) in [6.07, 6.45) is 0.706. The fraction of sp³-hybridized carbons (Fsp3) is 0.0417. The first-order chi connectivity index (χ1) is 13.6. The highest BCUT2D eigenvalue weighted by molar-refractivity contribution is 6.30. The first-order valence-corrected chi connectivity index (χ1v) is 9.38. The van der Waals surface area contributed by atoms with Gasteiger partial charge in [-0.15, -0.1) is 0 Å². The minimum absolute atomic E-state index is 0.227. The second kappa shape index (κ2) is 6.39. The van der Waals surface area contributed by atoms with Crippen molar-refractivity contribution in [3.05, 3.63) is 88.9 Å². The molecule has 2 N–H and O–H groups in total. The van der Waals surface area contributed by atoms with Gasteiger partial charge in [-0.25, -0.2) is 4.98 Å². The van der Waals surface area contributed by atoms with Gasteiger partial charge in [0.1, 0.15) is 11.5 Å². The molecule has 4 aromatic rings. The topological polar surface area (TPSA) is 53.4 Å². The summed E-state index contributed by atoms with van der Waals surface area (Å²) in [5.41, 5.74) is 7.47. The molecule has 28 heavy (non-hydrogen) atoms. The Bertz CT molecular complexity index is 1220. The number of rotatable bonds is 2. The monoisotopic (exact) mass is 385 g/mol. The largest absolute Gasteiger partial charge is 0.508 e. The van der Waals surface area contributed by atoms with Gasteiger partial charge in [-0.2, -0.15) is 0 Å². The first-order valence-electron chi connectivity index (χ1n) is 9.00. The molecule has 1 aliphatic carbocycles. The van der Waals surface area contributed by atoms with Crippen molar-refractivity contribution in [2.45, 2.75) is 6.42 Å². The van der Waals surface area contributed by atoms with Gasteiger partial charge in [0.2, 0.25) is 0 Å². The van der Waals surface area contributed by atoms with Crippen LogP contribution in [0.25, 0.3) is 33.6 Å². The van der Waals surface area contributed by atoms with E-state index in [0.717, 1.165) is 44.8 Å². The van der Waals surface area contributed by atoms with Gasteiger partial charge in [-0.1, -0.05) is 48.0 Å². The molecule has 3 nitrogen and oxygen atoms in total. The fourth-order valence-electron chi connectivity index (χ4n) is 3.85. The van der Waals surface area contributed by atoms with E-state index in [1.165, 1.54) is 0 Å². The molecular formula is C24H16ClNO2. The molecule has 0 amide bonds. The summed E-state index contributed by atoms with van der Waals surface area (Å²) < 4.78 is 0. The quantitative estimate of drug-likeness (QED) is 0.389. The molecule has 1 aliphatic rings. The number of aromatic nitrogens is 1. The van der Waals surface area contributed by atoms with E-state index in [9.17, 15) is 10.2 Å². The molecule has 0 fully saturated rings. The van der Waals surface area contributed by atoms with Gasteiger partial charge in [0.25, 0.3) is 0 Å². The number of phenolic OH excluding ortho intramolecular Hbond substituents is 2. The summed E-state index contributed by atoms with van der Waals surface area (Å²) in [6.45, 7) is 0. The van der Waals surface area contributed by atoms with Crippen LogP contribution in [0.1, 0.15) is 11.1 Å². The van der Waals surface area contributed by atoms with Gasteiger partial charge in [0.15, 0.2) is 0 Å². The Morgan fingerprint density at radius 1 is 0.821 bits per heavy atom. The summed E-state index contributed by atoms with van der Waals surface area (Å²) in [6, 6.07) is 22.4. The Labute approximate surface area is 167 Å². The van der Waals surface area contributed by atoms with Gasteiger partial charge >= 0.3 is 0 Å². The van der Waals surface area contributed by atoms with Crippen molar-refractivity contribution < 1.29 is 10.2 Å². The van der Waals surface area contributed by atoms with Crippen LogP contribution in [0.3, 0.4) is 0 Å². The number of hydrogen-bond acceptors (Lipinski definition) is 3. The maximum atomic E-state index is 10.5. The third kappa shape index (κ3) is 2.72. The number of phenols is 2. The Morgan fingerprint density at radius 2 is 1.61 bits per heavy atom. The van der Waals surface area contributed by atoms with Crippen LogP contribution in [0, 0.1) is 0 Å². The standard InChI is InChI=1S/C24H16ClNO2/c25-17-5-1-3-15(11-17)21-13-19(14-7-9-18(27)10-8-14)20-12-16-4-2-6-22(28)23(16)24(20)26-21/h1-11,13,27-28H,12H2. The van der Waals surface area contributed by atoms with Crippen LogP contribution in [0.15, 0.2) is 72.8 Å².